The van der Waals surface area contributed by atoms with Crippen LogP contribution in [0.2, 0.25) is 0 Å². The second kappa shape index (κ2) is 8.55. The summed E-state index contributed by atoms with van der Waals surface area (Å²) in [5.41, 5.74) is 1.03. The fourth-order valence-corrected chi connectivity index (χ4v) is 3.82. The summed E-state index contributed by atoms with van der Waals surface area (Å²) in [6.07, 6.45) is -0.247. The number of ether oxygens (including phenoxy) is 4. The van der Waals surface area contributed by atoms with Gasteiger partial charge in [-0.25, -0.2) is 9.78 Å². The van der Waals surface area contributed by atoms with Crippen LogP contribution in [0.15, 0.2) is 17.5 Å². The fourth-order valence-electron chi connectivity index (χ4n) is 2.99. The SMILES string of the molecule is COc1cc(OC)c(OC)cc1CN1CCOC(c2nc(C(=O)O)cs2)C1. The molecular weight excluding hydrogens is 372 g/mol. The molecule has 9 heteroatoms. The van der Waals surface area contributed by atoms with Crippen molar-refractivity contribution in [3.8, 4) is 17.2 Å². The Kier molecular flexibility index (Phi) is 6.15. The first-order chi connectivity index (χ1) is 13.0. The van der Waals surface area contributed by atoms with Gasteiger partial charge in [-0.2, -0.15) is 0 Å². The van der Waals surface area contributed by atoms with Gasteiger partial charge < -0.3 is 24.1 Å². The van der Waals surface area contributed by atoms with E-state index in [9.17, 15) is 4.79 Å². The fraction of sp³-hybridized carbons (Fsp3) is 0.444. The van der Waals surface area contributed by atoms with Gasteiger partial charge in [-0.1, -0.05) is 0 Å². The normalized spacial score (nSPS) is 17.5. The lowest BCUT2D eigenvalue weighted by atomic mass is 10.1. The molecule has 146 valence electrons. The zero-order chi connectivity index (χ0) is 19.4. The van der Waals surface area contributed by atoms with Crippen LogP contribution < -0.4 is 14.2 Å². The van der Waals surface area contributed by atoms with Gasteiger partial charge in [0, 0.05) is 36.6 Å². The number of rotatable bonds is 7. The molecule has 1 saturated heterocycles. The average molecular weight is 394 g/mol. The number of carboxylic acid groups (broad SMARTS) is 1. The zero-order valence-corrected chi connectivity index (χ0v) is 16.2. The predicted molar refractivity (Wildman–Crippen MR) is 99.1 cm³/mol. The van der Waals surface area contributed by atoms with E-state index < -0.39 is 5.97 Å². The number of carbonyl (C=O) groups is 1. The number of aromatic carboxylic acids is 1. The van der Waals surface area contributed by atoms with Gasteiger partial charge in [0.05, 0.1) is 27.9 Å². The minimum absolute atomic E-state index is 0.0530. The maximum Gasteiger partial charge on any atom is 0.355 e. The molecule has 1 atom stereocenters. The second-order valence-corrected chi connectivity index (χ2v) is 6.88. The molecule has 1 fully saturated rings. The molecule has 1 unspecified atom stereocenters. The molecule has 2 aromatic rings. The molecule has 2 heterocycles. The van der Waals surface area contributed by atoms with Crippen molar-refractivity contribution in [3.63, 3.8) is 0 Å². The van der Waals surface area contributed by atoms with E-state index in [1.165, 1.54) is 16.7 Å². The van der Waals surface area contributed by atoms with Crippen molar-refractivity contribution in [1.82, 2.24) is 9.88 Å². The summed E-state index contributed by atoms with van der Waals surface area (Å²) in [5, 5.41) is 11.3. The lowest BCUT2D eigenvalue weighted by Gasteiger charge is -2.32. The van der Waals surface area contributed by atoms with E-state index in [2.05, 4.69) is 9.88 Å². The van der Waals surface area contributed by atoms with E-state index >= 15 is 0 Å². The highest BCUT2D eigenvalue weighted by Gasteiger charge is 2.26. The highest BCUT2D eigenvalue weighted by Crippen LogP contribution is 2.36. The van der Waals surface area contributed by atoms with Gasteiger partial charge in [0.25, 0.3) is 0 Å². The van der Waals surface area contributed by atoms with Crippen LogP contribution in [0, 0.1) is 0 Å². The third-order valence-electron chi connectivity index (χ3n) is 4.35. The van der Waals surface area contributed by atoms with Crippen molar-refractivity contribution >= 4 is 17.3 Å². The number of thiazole rings is 1. The van der Waals surface area contributed by atoms with Crippen LogP contribution in [0.3, 0.4) is 0 Å². The van der Waals surface area contributed by atoms with Crippen LogP contribution in [0.5, 0.6) is 17.2 Å². The summed E-state index contributed by atoms with van der Waals surface area (Å²) in [6, 6.07) is 3.72. The molecule has 3 rings (SSSR count). The van der Waals surface area contributed by atoms with Crippen LogP contribution in [0.1, 0.15) is 27.2 Å². The number of benzene rings is 1. The summed E-state index contributed by atoms with van der Waals surface area (Å²) in [4.78, 5) is 17.4. The summed E-state index contributed by atoms with van der Waals surface area (Å²) < 4.78 is 22.0. The number of hydrogen-bond acceptors (Lipinski definition) is 8. The Morgan fingerprint density at radius 3 is 2.59 bits per heavy atom. The molecule has 27 heavy (non-hydrogen) atoms. The van der Waals surface area contributed by atoms with Gasteiger partial charge in [-0.05, 0) is 6.07 Å². The maximum atomic E-state index is 11.0. The summed E-state index contributed by atoms with van der Waals surface area (Å²) in [5.74, 6) is 0.949. The van der Waals surface area contributed by atoms with E-state index in [1.807, 2.05) is 12.1 Å². The number of nitrogens with zero attached hydrogens (tertiary/aromatic N) is 2. The highest BCUT2D eigenvalue weighted by molar-refractivity contribution is 7.09. The van der Waals surface area contributed by atoms with Crippen molar-refractivity contribution in [2.45, 2.75) is 12.6 Å². The third-order valence-corrected chi connectivity index (χ3v) is 5.28. The first-order valence-electron chi connectivity index (χ1n) is 8.37. The van der Waals surface area contributed by atoms with E-state index in [-0.39, 0.29) is 11.8 Å². The Morgan fingerprint density at radius 1 is 1.26 bits per heavy atom. The van der Waals surface area contributed by atoms with Crippen molar-refractivity contribution in [2.24, 2.45) is 0 Å². The van der Waals surface area contributed by atoms with Gasteiger partial charge in [0.2, 0.25) is 0 Å². The first-order valence-corrected chi connectivity index (χ1v) is 9.25. The molecule has 0 spiro atoms. The highest BCUT2D eigenvalue weighted by atomic mass is 32.1. The monoisotopic (exact) mass is 394 g/mol. The van der Waals surface area contributed by atoms with Crippen molar-refractivity contribution < 1.29 is 28.8 Å². The third kappa shape index (κ3) is 4.32. The topological polar surface area (TPSA) is 90.4 Å². The Hall–Kier alpha value is -2.36. The molecule has 0 amide bonds. The molecular formula is C18H22N2O6S. The number of methoxy groups -OCH3 is 3. The molecule has 1 aromatic heterocycles. The van der Waals surface area contributed by atoms with E-state index in [0.717, 1.165) is 17.9 Å². The van der Waals surface area contributed by atoms with E-state index in [4.69, 9.17) is 24.1 Å². The van der Waals surface area contributed by atoms with Crippen LogP contribution in [-0.4, -0.2) is 62.0 Å². The molecule has 0 radical (unpaired) electrons. The van der Waals surface area contributed by atoms with Crippen LogP contribution >= 0.6 is 11.3 Å². The minimum atomic E-state index is -1.03. The summed E-state index contributed by atoms with van der Waals surface area (Å²) in [7, 11) is 4.81. The van der Waals surface area contributed by atoms with Gasteiger partial charge >= 0.3 is 5.97 Å². The molecule has 1 aromatic carbocycles. The summed E-state index contributed by atoms with van der Waals surface area (Å²) in [6.45, 7) is 2.55. The maximum absolute atomic E-state index is 11.0. The number of aromatic nitrogens is 1. The standard InChI is InChI=1S/C18H22N2O6S/c1-23-13-7-15(25-3)14(24-2)6-11(13)8-20-4-5-26-16(9-20)17-19-12(10-27-17)18(21)22/h6-7,10,16H,4-5,8-9H2,1-3H3,(H,21,22). The molecule has 1 N–H and O–H groups in total. The molecule has 0 saturated carbocycles. The van der Waals surface area contributed by atoms with Gasteiger partial charge in [0.15, 0.2) is 17.2 Å². The number of morpholine rings is 1. The van der Waals surface area contributed by atoms with Crippen LogP contribution in [-0.2, 0) is 11.3 Å². The summed E-state index contributed by atoms with van der Waals surface area (Å²) >= 11 is 1.31. The quantitative estimate of drug-likeness (QED) is 0.766. The Labute approximate surface area is 161 Å². The lowest BCUT2D eigenvalue weighted by molar-refractivity contribution is -0.0332. The van der Waals surface area contributed by atoms with Crippen molar-refractivity contribution in [3.05, 3.63) is 33.8 Å². The van der Waals surface area contributed by atoms with E-state index in [0.29, 0.717) is 36.2 Å². The molecule has 8 nitrogen and oxygen atoms in total. The Bertz CT molecular complexity index is 809. The van der Waals surface area contributed by atoms with Gasteiger partial charge in [-0.15, -0.1) is 11.3 Å². The average Bonchev–Trinajstić information content (AvgIpc) is 3.18. The van der Waals surface area contributed by atoms with Gasteiger partial charge in [-0.3, -0.25) is 4.90 Å². The smallest absolute Gasteiger partial charge is 0.355 e. The minimum Gasteiger partial charge on any atom is -0.496 e. The Morgan fingerprint density at radius 2 is 1.96 bits per heavy atom. The molecule has 1 aliphatic rings. The number of hydrogen-bond donors (Lipinski definition) is 1. The Balaban J connectivity index is 1.76. The largest absolute Gasteiger partial charge is 0.496 e. The molecule has 1 aliphatic heterocycles. The first kappa shape index (κ1) is 19.4. The number of carboxylic acids is 1. The van der Waals surface area contributed by atoms with E-state index in [1.54, 1.807) is 21.3 Å². The van der Waals surface area contributed by atoms with Gasteiger partial charge in [0.1, 0.15) is 16.9 Å². The lowest BCUT2D eigenvalue weighted by Crippen LogP contribution is -2.37. The van der Waals surface area contributed by atoms with Crippen LogP contribution in [0.4, 0.5) is 0 Å². The van der Waals surface area contributed by atoms with Crippen LogP contribution in [0.25, 0.3) is 0 Å². The van der Waals surface area contributed by atoms with Crippen molar-refractivity contribution in [2.75, 3.05) is 41.0 Å². The predicted octanol–water partition coefficient (Wildman–Crippen LogP) is 2.44. The molecule has 0 aliphatic carbocycles. The molecule has 0 bridgehead atoms. The second-order valence-electron chi connectivity index (χ2n) is 5.99. The van der Waals surface area contributed by atoms with Crippen molar-refractivity contribution in [1.29, 1.82) is 0 Å². The zero-order valence-electron chi connectivity index (χ0n) is 15.4.